The van der Waals surface area contributed by atoms with Gasteiger partial charge in [-0.2, -0.15) is 0 Å². The molecule has 0 aliphatic heterocycles. The van der Waals surface area contributed by atoms with Crippen molar-refractivity contribution < 1.29 is 31.8 Å². The van der Waals surface area contributed by atoms with Crippen molar-refractivity contribution in [3.63, 3.8) is 0 Å². The predicted octanol–water partition coefficient (Wildman–Crippen LogP) is 2.91. The van der Waals surface area contributed by atoms with E-state index in [-0.39, 0.29) is 36.6 Å². The van der Waals surface area contributed by atoms with Gasteiger partial charge in [0.2, 0.25) is 15.9 Å². The lowest BCUT2D eigenvalue weighted by molar-refractivity contribution is -0.123. The van der Waals surface area contributed by atoms with Crippen molar-refractivity contribution in [1.82, 2.24) is 10.0 Å². The number of methoxy groups -OCH3 is 1. The fourth-order valence-electron chi connectivity index (χ4n) is 3.06. The molecular formula is C24H33FN2O6S. The van der Waals surface area contributed by atoms with Crippen LogP contribution in [0.4, 0.5) is 4.39 Å². The van der Waals surface area contributed by atoms with Crippen LogP contribution in [0, 0.1) is 11.7 Å². The van der Waals surface area contributed by atoms with E-state index in [1.165, 1.54) is 26.2 Å². The van der Waals surface area contributed by atoms with E-state index in [9.17, 15) is 17.6 Å². The summed E-state index contributed by atoms with van der Waals surface area (Å²) in [5, 5.41) is 2.79. The number of ether oxygens (including phenoxy) is 3. The zero-order valence-electron chi connectivity index (χ0n) is 20.0. The molecule has 0 heterocycles. The number of halogens is 1. The van der Waals surface area contributed by atoms with Gasteiger partial charge in [-0.3, -0.25) is 4.79 Å². The maximum atomic E-state index is 13.2. The fourth-order valence-corrected chi connectivity index (χ4v) is 4.00. The average molecular weight is 497 g/mol. The van der Waals surface area contributed by atoms with Crippen molar-refractivity contribution in [2.75, 3.05) is 32.6 Å². The molecule has 0 aliphatic carbocycles. The molecule has 0 bridgehead atoms. The molecule has 1 atom stereocenters. The van der Waals surface area contributed by atoms with E-state index in [0.717, 1.165) is 5.56 Å². The molecule has 0 fully saturated rings. The average Bonchev–Trinajstić information content (AvgIpc) is 2.80. The van der Waals surface area contributed by atoms with Gasteiger partial charge >= 0.3 is 0 Å². The fraction of sp³-hybridized carbons (Fsp3) is 0.458. The zero-order valence-corrected chi connectivity index (χ0v) is 20.8. The molecule has 0 saturated heterocycles. The van der Waals surface area contributed by atoms with Crippen LogP contribution < -0.4 is 24.2 Å². The van der Waals surface area contributed by atoms with E-state index in [1.807, 2.05) is 12.1 Å². The number of benzene rings is 2. The Hall–Kier alpha value is -2.85. The third-order valence-corrected chi connectivity index (χ3v) is 6.36. The molecular weight excluding hydrogens is 463 g/mol. The first-order valence-electron chi connectivity index (χ1n) is 11.1. The highest BCUT2D eigenvalue weighted by Crippen LogP contribution is 2.28. The van der Waals surface area contributed by atoms with Crippen LogP contribution in [0.1, 0.15) is 26.3 Å². The highest BCUT2D eigenvalue weighted by atomic mass is 32.2. The molecule has 8 nitrogen and oxygen atoms in total. The van der Waals surface area contributed by atoms with Gasteiger partial charge in [-0.15, -0.1) is 0 Å². The first-order chi connectivity index (χ1) is 16.1. The van der Waals surface area contributed by atoms with Gasteiger partial charge in [0.1, 0.15) is 30.8 Å². The summed E-state index contributed by atoms with van der Waals surface area (Å²) >= 11 is 0. The molecule has 188 valence electrons. The van der Waals surface area contributed by atoms with E-state index in [2.05, 4.69) is 10.0 Å². The van der Waals surface area contributed by atoms with Gasteiger partial charge in [0.25, 0.3) is 0 Å². The topological polar surface area (TPSA) is 103 Å². The minimum Gasteiger partial charge on any atom is -0.493 e. The quantitative estimate of drug-likeness (QED) is 0.390. The summed E-state index contributed by atoms with van der Waals surface area (Å²) in [6.07, 6.45) is 0.524. The lowest BCUT2D eigenvalue weighted by Crippen LogP contribution is -2.50. The lowest BCUT2D eigenvalue weighted by atomic mass is 10.0. The maximum absolute atomic E-state index is 13.2. The monoisotopic (exact) mass is 496 g/mol. The third kappa shape index (κ3) is 8.83. The number of amides is 1. The van der Waals surface area contributed by atoms with Crippen molar-refractivity contribution in [2.45, 2.75) is 33.2 Å². The van der Waals surface area contributed by atoms with Gasteiger partial charge in [-0.05, 0) is 49.1 Å². The van der Waals surface area contributed by atoms with Crippen LogP contribution in [0.5, 0.6) is 17.2 Å². The second-order valence-corrected chi connectivity index (χ2v) is 9.97. The highest BCUT2D eigenvalue weighted by molar-refractivity contribution is 7.89. The summed E-state index contributed by atoms with van der Waals surface area (Å²) in [5.74, 6) is 0.482. The molecule has 0 aliphatic rings. The van der Waals surface area contributed by atoms with Crippen LogP contribution in [0.15, 0.2) is 42.5 Å². The minimum absolute atomic E-state index is 0.0886. The van der Waals surface area contributed by atoms with E-state index in [0.29, 0.717) is 30.2 Å². The minimum atomic E-state index is -3.49. The standard InChI is InChI=1S/C24H33FN2O6S/c1-5-34(29,30)27-23(17(2)3)24(28)26-12-11-18-9-10-21(22(15-18)31-4)33-14-13-32-20-8-6-7-19(25)16-20/h6-10,15-17,23,27H,5,11-14H2,1-4H3,(H,26,28). The molecule has 1 amide bonds. The second kappa shape index (κ2) is 13.1. The number of carbonyl (C=O) groups is 1. The SMILES string of the molecule is CCS(=O)(=O)NC(C(=O)NCCc1ccc(OCCOc2cccc(F)c2)c(OC)c1)C(C)C. The molecule has 0 radical (unpaired) electrons. The number of rotatable bonds is 14. The molecule has 0 saturated carbocycles. The van der Waals surface area contributed by atoms with Crippen molar-refractivity contribution in [3.05, 3.63) is 53.8 Å². The molecule has 2 rings (SSSR count). The van der Waals surface area contributed by atoms with Gasteiger partial charge in [0.05, 0.1) is 12.9 Å². The Kier molecular flexibility index (Phi) is 10.6. The van der Waals surface area contributed by atoms with Crippen LogP contribution in [0.3, 0.4) is 0 Å². The molecule has 2 aromatic rings. The van der Waals surface area contributed by atoms with Crippen molar-refractivity contribution in [1.29, 1.82) is 0 Å². The normalized spacial score (nSPS) is 12.3. The summed E-state index contributed by atoms with van der Waals surface area (Å²) in [4.78, 5) is 12.5. The molecule has 10 heteroatoms. The lowest BCUT2D eigenvalue weighted by Gasteiger charge is -2.21. The molecule has 2 N–H and O–H groups in total. The molecule has 2 aromatic carbocycles. The van der Waals surface area contributed by atoms with E-state index >= 15 is 0 Å². The van der Waals surface area contributed by atoms with Gasteiger partial charge in [0.15, 0.2) is 11.5 Å². The van der Waals surface area contributed by atoms with Gasteiger partial charge in [-0.25, -0.2) is 17.5 Å². The predicted molar refractivity (Wildman–Crippen MR) is 128 cm³/mol. The summed E-state index contributed by atoms with van der Waals surface area (Å²) in [7, 11) is -1.96. The van der Waals surface area contributed by atoms with E-state index < -0.39 is 16.1 Å². The van der Waals surface area contributed by atoms with Crippen LogP contribution in [0.2, 0.25) is 0 Å². The van der Waals surface area contributed by atoms with Crippen LogP contribution in [-0.4, -0.2) is 53.0 Å². The van der Waals surface area contributed by atoms with Crippen LogP contribution in [0.25, 0.3) is 0 Å². The van der Waals surface area contributed by atoms with Crippen LogP contribution in [-0.2, 0) is 21.2 Å². The molecule has 34 heavy (non-hydrogen) atoms. The Balaban J connectivity index is 1.85. The Morgan fingerprint density at radius 1 is 1.06 bits per heavy atom. The Morgan fingerprint density at radius 2 is 1.79 bits per heavy atom. The third-order valence-electron chi connectivity index (χ3n) is 4.98. The van der Waals surface area contributed by atoms with Gasteiger partial charge < -0.3 is 19.5 Å². The Morgan fingerprint density at radius 3 is 2.44 bits per heavy atom. The first-order valence-corrected chi connectivity index (χ1v) is 12.8. The first kappa shape index (κ1) is 27.4. The number of carbonyl (C=O) groups excluding carboxylic acids is 1. The van der Waals surface area contributed by atoms with Gasteiger partial charge in [0, 0.05) is 12.6 Å². The number of sulfonamides is 1. The summed E-state index contributed by atoms with van der Waals surface area (Å²) in [6.45, 7) is 5.91. The summed E-state index contributed by atoms with van der Waals surface area (Å²) < 4.78 is 55.9. The summed E-state index contributed by atoms with van der Waals surface area (Å²) in [6, 6.07) is 10.5. The number of hydrogen-bond acceptors (Lipinski definition) is 6. The highest BCUT2D eigenvalue weighted by Gasteiger charge is 2.26. The van der Waals surface area contributed by atoms with E-state index in [4.69, 9.17) is 14.2 Å². The Bertz CT molecular complexity index is 1050. The zero-order chi connectivity index (χ0) is 25.1. The van der Waals surface area contributed by atoms with Crippen molar-refractivity contribution in [3.8, 4) is 17.2 Å². The largest absolute Gasteiger partial charge is 0.493 e. The molecule has 1 unspecified atom stereocenters. The number of nitrogens with one attached hydrogen (secondary N) is 2. The van der Waals surface area contributed by atoms with Crippen molar-refractivity contribution >= 4 is 15.9 Å². The van der Waals surface area contributed by atoms with Gasteiger partial charge in [-0.1, -0.05) is 26.0 Å². The second-order valence-electron chi connectivity index (χ2n) is 7.92. The van der Waals surface area contributed by atoms with Crippen molar-refractivity contribution in [2.24, 2.45) is 5.92 Å². The smallest absolute Gasteiger partial charge is 0.238 e. The molecule has 0 spiro atoms. The maximum Gasteiger partial charge on any atom is 0.238 e. The van der Waals surface area contributed by atoms with Crippen LogP contribution >= 0.6 is 0 Å². The number of hydrogen-bond donors (Lipinski definition) is 2. The molecule has 0 aromatic heterocycles. The van der Waals surface area contributed by atoms with E-state index in [1.54, 1.807) is 32.0 Å². The summed E-state index contributed by atoms with van der Waals surface area (Å²) in [5.41, 5.74) is 0.913. The Labute approximate surface area is 200 Å².